The number of ether oxygens (including phenoxy) is 2. The average molecular weight is 1050 g/mol. The van der Waals surface area contributed by atoms with E-state index in [1.807, 2.05) is 88.4 Å². The number of pyridine rings is 2. The molecule has 0 unspecified atom stereocenters. The zero-order valence-electron chi connectivity index (χ0n) is 43.1. The Balaban J connectivity index is 1.01. The molecule has 0 aliphatic carbocycles. The largest absolute Gasteiger partial charge is 0.551 e. The summed E-state index contributed by atoms with van der Waals surface area (Å²) in [4.78, 5) is 115. The van der Waals surface area contributed by atoms with E-state index in [-0.39, 0.29) is 36.1 Å². The molecular formula is C53H63B2N5O16. The van der Waals surface area contributed by atoms with Crippen LogP contribution in [0.1, 0.15) is 94.6 Å². The number of rotatable bonds is 24. The monoisotopic (exact) mass is 1050 g/mol. The van der Waals surface area contributed by atoms with Gasteiger partial charge in [0.1, 0.15) is 30.6 Å². The van der Waals surface area contributed by atoms with Crippen molar-refractivity contribution in [1.82, 2.24) is 25.9 Å². The van der Waals surface area contributed by atoms with Gasteiger partial charge in [0, 0.05) is 17.5 Å². The number of aromatic nitrogens is 2. The van der Waals surface area contributed by atoms with Crippen molar-refractivity contribution < 1.29 is 76.7 Å². The van der Waals surface area contributed by atoms with Crippen molar-refractivity contribution in [2.45, 2.75) is 116 Å². The lowest BCUT2D eigenvalue weighted by molar-refractivity contribution is -0.168. The Labute approximate surface area is 440 Å². The molecule has 8 atom stereocenters. The Kier molecular flexibility index (Phi) is 20.9. The number of carbonyl (C=O) groups excluding carboxylic acids is 8. The van der Waals surface area contributed by atoms with Gasteiger partial charge >= 0.3 is 26.2 Å². The Morgan fingerprint density at radius 3 is 1.49 bits per heavy atom. The Hall–Kier alpha value is -7.33. The summed E-state index contributed by atoms with van der Waals surface area (Å²) in [5.74, 6) is -10.1. The van der Waals surface area contributed by atoms with Gasteiger partial charge in [-0.05, 0) is 62.8 Å². The summed E-state index contributed by atoms with van der Waals surface area (Å²) in [7, 11) is -2.98. The van der Waals surface area contributed by atoms with Crippen LogP contribution in [0.4, 0.5) is 0 Å². The minimum Gasteiger partial charge on any atom is -0.508 e. The van der Waals surface area contributed by atoms with E-state index in [4.69, 9.17) is 28.1 Å². The van der Waals surface area contributed by atoms with Crippen molar-refractivity contribution in [1.29, 1.82) is 0 Å². The fourth-order valence-corrected chi connectivity index (χ4v) is 8.39. The highest BCUT2D eigenvalue weighted by molar-refractivity contribution is 6.50. The van der Waals surface area contributed by atoms with Gasteiger partial charge < -0.3 is 54.3 Å². The van der Waals surface area contributed by atoms with E-state index in [1.54, 1.807) is 24.3 Å². The second-order valence-electron chi connectivity index (χ2n) is 19.4. The van der Waals surface area contributed by atoms with Gasteiger partial charge in [0.2, 0.25) is 11.8 Å². The number of ketones is 1. The first kappa shape index (κ1) is 57.9. The molecule has 5 N–H and O–H groups in total. The molecule has 2 aliphatic rings. The number of nitrogens with zero attached hydrogens (tertiary/aromatic N) is 2. The molecule has 21 nitrogen and oxygen atoms in total. The molecule has 0 spiro atoms. The van der Waals surface area contributed by atoms with Crippen LogP contribution >= 0.6 is 0 Å². The highest BCUT2D eigenvalue weighted by Crippen LogP contribution is 2.24. The van der Waals surface area contributed by atoms with E-state index in [9.17, 15) is 48.6 Å². The zero-order valence-corrected chi connectivity index (χ0v) is 43.1. The molecule has 76 heavy (non-hydrogen) atoms. The van der Waals surface area contributed by atoms with E-state index < -0.39 is 142 Å². The first-order valence-corrected chi connectivity index (χ1v) is 25.1. The molecule has 402 valence electrons. The second kappa shape index (κ2) is 27.5. The number of Topliss-reactive ketones (excluding diaryl/α,β-unsaturated/α-hetero) is 1. The van der Waals surface area contributed by atoms with Crippen LogP contribution in [0.3, 0.4) is 0 Å². The summed E-state index contributed by atoms with van der Waals surface area (Å²) in [6, 6.07) is 26.6. The summed E-state index contributed by atoms with van der Waals surface area (Å²) in [6.07, 6.45) is -6.84. The maximum atomic E-state index is 13.8. The molecular weight excluding hydrogens is 984 g/mol. The molecule has 0 bridgehead atoms. The SMILES string of the molecule is CC(C)C[C@H](NC(=O)[C@@H](CC(=O)c1cccc(-c2ccccc2)n1)[C@@H](C)O)B1OC(=O)C[C@@H](C(=O)OCCOC(=O)[C@@H]2CC(=O)OB([C@H](CC(C)C)NC(=O)[C@@H](NC(=O)c3cccc(-c4ccccc4)n3)[C@@H](C)O)O2)O1. The highest BCUT2D eigenvalue weighted by Gasteiger charge is 2.47. The van der Waals surface area contributed by atoms with Crippen LogP contribution in [0.2, 0.25) is 0 Å². The summed E-state index contributed by atoms with van der Waals surface area (Å²) < 4.78 is 33.2. The van der Waals surface area contributed by atoms with Gasteiger partial charge in [0.05, 0.1) is 54.2 Å². The standard InChI is InChI=1S/C53H63B2N5O16/c1-30(2)25-44(58-49(66)36(32(5)61)27-41(63)39-21-13-19-37(56-39)34-15-9-7-10-16-34)54-73-42(28-46(64)75-54)52(69)71-23-24-72-53(70)43-29-47(65)76-55(74-43)45(26-31(3)4)59-51(68)48(33(6)62)60-50(67)40-22-14-20-38(57-40)35-17-11-8-12-18-35/h7-22,30-33,36,42-45,48,61-62H,23-29H2,1-6H3,(H,58,66)(H,59,68)(H,60,67)/t32-,33-,36+,42+,43+,44+,45+,48+/m1/s1. The van der Waals surface area contributed by atoms with Gasteiger partial charge in [-0.1, -0.05) is 100 Å². The second-order valence-corrected chi connectivity index (χ2v) is 19.4. The lowest BCUT2D eigenvalue weighted by Crippen LogP contribution is -2.60. The van der Waals surface area contributed by atoms with E-state index in [2.05, 4.69) is 25.9 Å². The molecule has 0 saturated carbocycles. The van der Waals surface area contributed by atoms with Crippen LogP contribution in [0.25, 0.3) is 22.5 Å². The predicted molar refractivity (Wildman–Crippen MR) is 274 cm³/mol. The molecule has 2 aromatic heterocycles. The Morgan fingerprint density at radius 2 is 1.04 bits per heavy atom. The minimum atomic E-state index is -1.51. The number of amides is 3. The average Bonchev–Trinajstić information content (AvgIpc) is 3.39. The molecule has 6 rings (SSSR count). The van der Waals surface area contributed by atoms with Crippen molar-refractivity contribution >= 4 is 61.6 Å². The molecule has 3 amide bonds. The zero-order chi connectivity index (χ0) is 55.1. The first-order chi connectivity index (χ1) is 36.3. The van der Waals surface area contributed by atoms with E-state index >= 15 is 0 Å². The van der Waals surface area contributed by atoms with Crippen LogP contribution in [-0.4, -0.2) is 137 Å². The molecule has 2 aromatic carbocycles. The number of carbonyl (C=O) groups is 8. The maximum Gasteiger partial charge on any atom is 0.551 e. The van der Waals surface area contributed by atoms with Crippen LogP contribution in [-0.2, 0) is 56.9 Å². The highest BCUT2D eigenvalue weighted by atomic mass is 16.7. The Bertz CT molecular complexity index is 2500. The van der Waals surface area contributed by atoms with Crippen LogP contribution in [0.5, 0.6) is 0 Å². The van der Waals surface area contributed by atoms with Crippen LogP contribution in [0, 0.1) is 17.8 Å². The number of aliphatic hydroxyl groups excluding tert-OH is 2. The fraction of sp³-hybridized carbons (Fsp3) is 0.434. The smallest absolute Gasteiger partial charge is 0.508 e. The third-order valence-corrected chi connectivity index (χ3v) is 12.2. The molecule has 2 saturated heterocycles. The molecule has 2 aliphatic heterocycles. The fourth-order valence-electron chi connectivity index (χ4n) is 8.39. The van der Waals surface area contributed by atoms with E-state index in [0.29, 0.717) is 11.4 Å². The van der Waals surface area contributed by atoms with Crippen molar-refractivity contribution in [3.63, 3.8) is 0 Å². The van der Waals surface area contributed by atoms with Crippen molar-refractivity contribution in [2.24, 2.45) is 17.8 Å². The number of nitrogens with one attached hydrogen (secondary N) is 3. The van der Waals surface area contributed by atoms with Gasteiger partial charge in [0.15, 0.2) is 18.0 Å². The van der Waals surface area contributed by atoms with Gasteiger partial charge in [-0.15, -0.1) is 0 Å². The molecule has 4 heterocycles. The number of benzene rings is 2. The summed E-state index contributed by atoms with van der Waals surface area (Å²) in [6.45, 7) is 8.97. The topological polar surface area (TPSA) is 294 Å². The van der Waals surface area contributed by atoms with E-state index in [1.165, 1.54) is 26.0 Å². The third-order valence-electron chi connectivity index (χ3n) is 12.2. The number of hydrogen-bond acceptors (Lipinski definition) is 18. The number of hydrogen-bond donors (Lipinski definition) is 5. The lowest BCUT2D eigenvalue weighted by atomic mass is 9.72. The lowest BCUT2D eigenvalue weighted by Gasteiger charge is -2.33. The van der Waals surface area contributed by atoms with Crippen LogP contribution in [0.15, 0.2) is 97.1 Å². The molecule has 2 fully saturated rings. The summed E-state index contributed by atoms with van der Waals surface area (Å²) in [5, 5.41) is 29.3. The molecule has 0 radical (unpaired) electrons. The van der Waals surface area contributed by atoms with Gasteiger partial charge in [-0.3, -0.25) is 28.8 Å². The molecule has 4 aromatic rings. The quantitative estimate of drug-likeness (QED) is 0.0291. The predicted octanol–water partition coefficient (Wildman–Crippen LogP) is 3.43. The number of aliphatic hydroxyl groups is 2. The van der Waals surface area contributed by atoms with Gasteiger partial charge in [-0.25, -0.2) is 19.6 Å². The van der Waals surface area contributed by atoms with Crippen molar-refractivity contribution in [3.05, 3.63) is 108 Å². The van der Waals surface area contributed by atoms with Crippen LogP contribution < -0.4 is 16.0 Å². The number of esters is 2. The minimum absolute atomic E-state index is 0.00995. The normalized spacial score (nSPS) is 18.0. The molecule has 23 heteroatoms. The summed E-state index contributed by atoms with van der Waals surface area (Å²) >= 11 is 0. The van der Waals surface area contributed by atoms with Gasteiger partial charge in [0.25, 0.3) is 17.8 Å². The van der Waals surface area contributed by atoms with E-state index in [0.717, 1.165) is 11.1 Å². The van der Waals surface area contributed by atoms with Crippen molar-refractivity contribution in [3.8, 4) is 22.5 Å². The Morgan fingerprint density at radius 1 is 0.592 bits per heavy atom. The first-order valence-electron chi connectivity index (χ1n) is 25.1. The summed E-state index contributed by atoms with van der Waals surface area (Å²) in [5.41, 5.74) is 2.70. The van der Waals surface area contributed by atoms with Crippen molar-refractivity contribution in [2.75, 3.05) is 13.2 Å². The maximum absolute atomic E-state index is 13.8. The van der Waals surface area contributed by atoms with Gasteiger partial charge in [-0.2, -0.15) is 0 Å². The third kappa shape index (κ3) is 16.6.